The molecule has 1 aromatic carbocycles. The molecule has 1 saturated heterocycles. The molecule has 0 bridgehead atoms. The van der Waals surface area contributed by atoms with Crippen molar-refractivity contribution in [2.75, 3.05) is 11.9 Å². The predicted octanol–water partition coefficient (Wildman–Crippen LogP) is 2.13. The van der Waals surface area contributed by atoms with Crippen molar-refractivity contribution in [3.05, 3.63) is 29.8 Å². The maximum absolute atomic E-state index is 12.0. The zero-order chi connectivity index (χ0) is 16.1. The Labute approximate surface area is 132 Å². The summed E-state index contributed by atoms with van der Waals surface area (Å²) < 4.78 is 0. The van der Waals surface area contributed by atoms with Crippen molar-refractivity contribution in [3.63, 3.8) is 0 Å². The fourth-order valence-electron chi connectivity index (χ4n) is 2.69. The Balaban J connectivity index is 1.94. The molecule has 2 N–H and O–H groups in total. The van der Waals surface area contributed by atoms with Crippen LogP contribution in [0, 0.1) is 0 Å². The van der Waals surface area contributed by atoms with E-state index in [9.17, 15) is 9.59 Å². The topological polar surface area (TPSA) is 61.4 Å². The van der Waals surface area contributed by atoms with Gasteiger partial charge in [-0.15, -0.1) is 0 Å². The minimum atomic E-state index is -0.0752. The quantitative estimate of drug-likeness (QED) is 0.876. The number of carbonyl (C=O) groups excluding carboxylic acids is 2. The lowest BCUT2D eigenvalue weighted by Gasteiger charge is -2.25. The average Bonchev–Trinajstić information content (AvgIpc) is 3.00. The van der Waals surface area contributed by atoms with Crippen molar-refractivity contribution >= 4 is 17.5 Å². The summed E-state index contributed by atoms with van der Waals surface area (Å²) in [6.07, 6.45) is 1.94. The van der Waals surface area contributed by atoms with E-state index in [-0.39, 0.29) is 23.9 Å². The van der Waals surface area contributed by atoms with Crippen LogP contribution in [-0.2, 0) is 16.1 Å². The highest BCUT2D eigenvalue weighted by atomic mass is 16.2. The summed E-state index contributed by atoms with van der Waals surface area (Å²) in [5.74, 6) is 0.0949. The zero-order valence-corrected chi connectivity index (χ0v) is 13.6. The van der Waals surface area contributed by atoms with Crippen LogP contribution in [0.15, 0.2) is 24.3 Å². The Morgan fingerprint density at radius 1 is 1.32 bits per heavy atom. The SMILES string of the molecule is CC(=O)N(Cc1ccc(NC(=O)C2CCCN2)cc1)C(C)C. The summed E-state index contributed by atoms with van der Waals surface area (Å²) in [6, 6.07) is 7.78. The van der Waals surface area contributed by atoms with Crippen molar-refractivity contribution in [2.45, 2.75) is 52.2 Å². The number of hydrogen-bond donors (Lipinski definition) is 2. The zero-order valence-electron chi connectivity index (χ0n) is 13.6. The summed E-state index contributed by atoms with van der Waals surface area (Å²) >= 11 is 0. The maximum atomic E-state index is 12.0. The van der Waals surface area contributed by atoms with Gasteiger partial charge in [-0.1, -0.05) is 12.1 Å². The molecule has 0 spiro atoms. The van der Waals surface area contributed by atoms with Crippen molar-refractivity contribution in [1.29, 1.82) is 0 Å². The van der Waals surface area contributed by atoms with Crippen LogP contribution in [0.25, 0.3) is 0 Å². The summed E-state index contributed by atoms with van der Waals surface area (Å²) in [5, 5.41) is 6.11. The second kappa shape index (κ2) is 7.40. The standard InChI is InChI=1S/C17H25N3O2/c1-12(2)20(13(3)21)11-14-6-8-15(9-7-14)19-17(22)16-5-4-10-18-16/h6-9,12,16,18H,4-5,10-11H2,1-3H3,(H,19,22). The molecule has 1 unspecified atom stereocenters. The molecule has 1 atom stereocenters. The molecule has 22 heavy (non-hydrogen) atoms. The number of amides is 2. The van der Waals surface area contributed by atoms with E-state index >= 15 is 0 Å². The van der Waals surface area contributed by atoms with Gasteiger partial charge in [-0.25, -0.2) is 0 Å². The highest BCUT2D eigenvalue weighted by molar-refractivity contribution is 5.95. The third-order valence-corrected chi connectivity index (χ3v) is 3.98. The van der Waals surface area contributed by atoms with Crippen molar-refractivity contribution in [3.8, 4) is 0 Å². The van der Waals surface area contributed by atoms with Gasteiger partial charge in [0, 0.05) is 25.2 Å². The van der Waals surface area contributed by atoms with E-state index in [1.165, 1.54) is 0 Å². The molecule has 0 aromatic heterocycles. The molecule has 2 amide bonds. The number of carbonyl (C=O) groups is 2. The normalized spacial score (nSPS) is 17.5. The Kier molecular flexibility index (Phi) is 5.55. The lowest BCUT2D eigenvalue weighted by molar-refractivity contribution is -0.131. The van der Waals surface area contributed by atoms with E-state index in [1.54, 1.807) is 6.92 Å². The summed E-state index contributed by atoms with van der Waals surface area (Å²) in [4.78, 5) is 25.5. The molecule has 1 aliphatic rings. The van der Waals surface area contributed by atoms with E-state index in [4.69, 9.17) is 0 Å². The van der Waals surface area contributed by atoms with E-state index in [1.807, 2.05) is 43.0 Å². The molecular weight excluding hydrogens is 278 g/mol. The van der Waals surface area contributed by atoms with Gasteiger partial charge in [0.2, 0.25) is 11.8 Å². The lowest BCUT2D eigenvalue weighted by Crippen LogP contribution is -2.35. The largest absolute Gasteiger partial charge is 0.336 e. The van der Waals surface area contributed by atoms with Gasteiger partial charge in [-0.05, 0) is 50.9 Å². The predicted molar refractivity (Wildman–Crippen MR) is 87.5 cm³/mol. The first-order valence-corrected chi connectivity index (χ1v) is 7.88. The average molecular weight is 303 g/mol. The highest BCUT2D eigenvalue weighted by Gasteiger charge is 2.21. The Morgan fingerprint density at radius 2 is 2.00 bits per heavy atom. The minimum absolute atomic E-state index is 0.0257. The molecular formula is C17H25N3O2. The number of nitrogens with one attached hydrogen (secondary N) is 2. The molecule has 5 nitrogen and oxygen atoms in total. The number of benzene rings is 1. The van der Waals surface area contributed by atoms with Crippen LogP contribution >= 0.6 is 0 Å². The fourth-order valence-corrected chi connectivity index (χ4v) is 2.69. The van der Waals surface area contributed by atoms with Gasteiger partial charge in [0.1, 0.15) is 0 Å². The van der Waals surface area contributed by atoms with E-state index < -0.39 is 0 Å². The maximum Gasteiger partial charge on any atom is 0.241 e. The molecule has 0 aliphatic carbocycles. The third kappa shape index (κ3) is 4.31. The highest BCUT2D eigenvalue weighted by Crippen LogP contribution is 2.15. The molecule has 1 aliphatic heterocycles. The number of rotatable bonds is 5. The first-order valence-electron chi connectivity index (χ1n) is 7.88. The van der Waals surface area contributed by atoms with Crippen LogP contribution < -0.4 is 10.6 Å². The third-order valence-electron chi connectivity index (χ3n) is 3.98. The van der Waals surface area contributed by atoms with Crippen LogP contribution in [0.5, 0.6) is 0 Å². The second-order valence-electron chi connectivity index (χ2n) is 6.08. The Bertz CT molecular complexity index is 519. The number of nitrogens with zero attached hydrogens (tertiary/aromatic N) is 1. The van der Waals surface area contributed by atoms with E-state index in [2.05, 4.69) is 10.6 Å². The molecule has 1 aromatic rings. The minimum Gasteiger partial charge on any atom is -0.336 e. The van der Waals surface area contributed by atoms with Crippen molar-refractivity contribution in [2.24, 2.45) is 0 Å². The van der Waals surface area contributed by atoms with E-state index in [0.717, 1.165) is 30.6 Å². The Morgan fingerprint density at radius 3 is 2.50 bits per heavy atom. The van der Waals surface area contributed by atoms with Gasteiger partial charge < -0.3 is 15.5 Å². The van der Waals surface area contributed by atoms with Crippen LogP contribution in [0.2, 0.25) is 0 Å². The van der Waals surface area contributed by atoms with Crippen LogP contribution in [0.4, 0.5) is 5.69 Å². The van der Waals surface area contributed by atoms with Gasteiger partial charge in [0.05, 0.1) is 6.04 Å². The molecule has 120 valence electrons. The fraction of sp³-hybridized carbons (Fsp3) is 0.529. The van der Waals surface area contributed by atoms with Gasteiger partial charge in [0.25, 0.3) is 0 Å². The molecule has 1 heterocycles. The van der Waals surface area contributed by atoms with Gasteiger partial charge in [-0.3, -0.25) is 9.59 Å². The summed E-state index contributed by atoms with van der Waals surface area (Å²) in [6.45, 7) is 7.09. The first-order chi connectivity index (χ1) is 10.5. The second-order valence-corrected chi connectivity index (χ2v) is 6.08. The summed E-state index contributed by atoms with van der Waals surface area (Å²) in [7, 11) is 0. The van der Waals surface area contributed by atoms with Gasteiger partial charge >= 0.3 is 0 Å². The summed E-state index contributed by atoms with van der Waals surface area (Å²) in [5.41, 5.74) is 1.85. The number of hydrogen-bond acceptors (Lipinski definition) is 3. The number of anilines is 1. The molecule has 1 fully saturated rings. The first kappa shape index (κ1) is 16.5. The molecule has 0 radical (unpaired) electrons. The van der Waals surface area contributed by atoms with Gasteiger partial charge in [-0.2, -0.15) is 0 Å². The van der Waals surface area contributed by atoms with E-state index in [0.29, 0.717) is 6.54 Å². The van der Waals surface area contributed by atoms with Gasteiger partial charge in [0.15, 0.2) is 0 Å². The van der Waals surface area contributed by atoms with Crippen LogP contribution in [0.1, 0.15) is 39.2 Å². The Hall–Kier alpha value is -1.88. The monoisotopic (exact) mass is 303 g/mol. The van der Waals surface area contributed by atoms with Crippen LogP contribution in [0.3, 0.4) is 0 Å². The smallest absolute Gasteiger partial charge is 0.241 e. The molecule has 0 saturated carbocycles. The molecule has 5 heteroatoms. The van der Waals surface area contributed by atoms with Crippen molar-refractivity contribution in [1.82, 2.24) is 10.2 Å². The lowest BCUT2D eigenvalue weighted by atomic mass is 10.1. The van der Waals surface area contributed by atoms with Crippen LogP contribution in [-0.4, -0.2) is 35.3 Å². The molecule has 2 rings (SSSR count). The van der Waals surface area contributed by atoms with Crippen molar-refractivity contribution < 1.29 is 9.59 Å².